The van der Waals surface area contributed by atoms with Crippen LogP contribution >= 0.6 is 0 Å². The topological polar surface area (TPSA) is 44.0 Å². The molecule has 0 aromatic rings. The van der Waals surface area contributed by atoms with E-state index in [0.717, 1.165) is 38.5 Å². The summed E-state index contributed by atoms with van der Waals surface area (Å²) in [5.74, 6) is 0. The second-order valence-corrected chi connectivity index (χ2v) is 5.92. The molecule has 78 valence electrons. The summed E-state index contributed by atoms with van der Waals surface area (Å²) in [7, 11) is 0. The number of hydrogen-bond donors (Lipinski definition) is 1. The molecule has 2 fully saturated rings. The first-order chi connectivity index (χ1) is 6.43. The van der Waals surface area contributed by atoms with E-state index in [1.165, 1.54) is 0 Å². The van der Waals surface area contributed by atoms with Crippen LogP contribution in [0.5, 0.6) is 0 Å². The van der Waals surface area contributed by atoms with E-state index in [-0.39, 0.29) is 5.41 Å². The largest absolute Gasteiger partial charge is 0.388 e. The Labute approximate surface area is 85.9 Å². The van der Waals surface area contributed by atoms with Gasteiger partial charge in [-0.2, -0.15) is 5.26 Å². The smallest absolute Gasteiger partial charge is 0.0860 e. The highest BCUT2D eigenvalue weighted by atomic mass is 16.3. The van der Waals surface area contributed by atoms with Crippen LogP contribution in [0.1, 0.15) is 52.4 Å². The van der Waals surface area contributed by atoms with Crippen molar-refractivity contribution in [1.29, 1.82) is 5.26 Å². The third kappa shape index (κ3) is 1.19. The first kappa shape index (κ1) is 9.98. The first-order valence-electron chi connectivity index (χ1n) is 5.57. The molecule has 0 bridgehead atoms. The van der Waals surface area contributed by atoms with Gasteiger partial charge in [-0.1, -0.05) is 20.3 Å². The van der Waals surface area contributed by atoms with E-state index in [0.29, 0.717) is 0 Å². The number of nitriles is 1. The van der Waals surface area contributed by atoms with E-state index in [9.17, 15) is 10.4 Å². The number of rotatable bonds is 1. The SMILES string of the molecule is CC1(C)CCC(O)(C2(C#N)CCC2)C1. The van der Waals surface area contributed by atoms with Crippen molar-refractivity contribution in [2.24, 2.45) is 10.8 Å². The van der Waals surface area contributed by atoms with Crippen LogP contribution in [0.25, 0.3) is 0 Å². The van der Waals surface area contributed by atoms with Gasteiger partial charge < -0.3 is 5.11 Å². The fourth-order valence-electron chi connectivity index (χ4n) is 3.13. The molecule has 0 spiro atoms. The first-order valence-corrected chi connectivity index (χ1v) is 5.57. The lowest BCUT2D eigenvalue weighted by atomic mass is 9.58. The van der Waals surface area contributed by atoms with Crippen LogP contribution in [0.15, 0.2) is 0 Å². The molecule has 0 amide bonds. The van der Waals surface area contributed by atoms with Crippen LogP contribution in [0.4, 0.5) is 0 Å². The highest BCUT2D eigenvalue weighted by Gasteiger charge is 2.58. The van der Waals surface area contributed by atoms with Crippen LogP contribution in [0.2, 0.25) is 0 Å². The molecule has 0 heterocycles. The minimum Gasteiger partial charge on any atom is -0.388 e. The predicted molar refractivity (Wildman–Crippen MR) is 54.5 cm³/mol. The third-order valence-electron chi connectivity index (χ3n) is 4.30. The molecule has 2 nitrogen and oxygen atoms in total. The van der Waals surface area contributed by atoms with Gasteiger partial charge in [-0.25, -0.2) is 0 Å². The molecule has 2 saturated carbocycles. The van der Waals surface area contributed by atoms with Crippen molar-refractivity contribution < 1.29 is 5.11 Å². The molecule has 2 aliphatic rings. The summed E-state index contributed by atoms with van der Waals surface area (Å²) in [6.45, 7) is 4.38. The Hall–Kier alpha value is -0.550. The van der Waals surface area contributed by atoms with Gasteiger partial charge in [0.1, 0.15) is 0 Å². The minimum atomic E-state index is -0.691. The number of aliphatic hydroxyl groups is 1. The van der Waals surface area contributed by atoms with Crippen molar-refractivity contribution in [3.05, 3.63) is 0 Å². The van der Waals surface area contributed by atoms with Crippen molar-refractivity contribution in [3.8, 4) is 6.07 Å². The summed E-state index contributed by atoms with van der Waals surface area (Å²) in [5.41, 5.74) is -0.877. The second-order valence-electron chi connectivity index (χ2n) is 5.92. The Kier molecular flexibility index (Phi) is 1.95. The average molecular weight is 193 g/mol. The third-order valence-corrected chi connectivity index (χ3v) is 4.30. The molecule has 0 aromatic carbocycles. The average Bonchev–Trinajstić information content (AvgIpc) is 2.25. The summed E-state index contributed by atoms with van der Waals surface area (Å²) in [6.07, 6.45) is 5.57. The predicted octanol–water partition coefficient (Wildman–Crippen LogP) is 2.62. The van der Waals surface area contributed by atoms with Crippen molar-refractivity contribution in [2.75, 3.05) is 0 Å². The molecule has 2 aliphatic carbocycles. The van der Waals surface area contributed by atoms with Gasteiger partial charge in [-0.3, -0.25) is 0 Å². The second kappa shape index (κ2) is 2.73. The molecule has 1 N–H and O–H groups in total. The van der Waals surface area contributed by atoms with Crippen LogP contribution in [-0.2, 0) is 0 Å². The summed E-state index contributed by atoms with van der Waals surface area (Å²) in [6, 6.07) is 2.39. The van der Waals surface area contributed by atoms with E-state index in [2.05, 4.69) is 19.9 Å². The van der Waals surface area contributed by atoms with Crippen molar-refractivity contribution in [1.82, 2.24) is 0 Å². The van der Waals surface area contributed by atoms with Crippen LogP contribution < -0.4 is 0 Å². The Bertz CT molecular complexity index is 285. The van der Waals surface area contributed by atoms with Crippen molar-refractivity contribution in [3.63, 3.8) is 0 Å². The number of nitrogens with zero attached hydrogens (tertiary/aromatic N) is 1. The lowest BCUT2D eigenvalue weighted by Gasteiger charge is -2.47. The molecule has 0 radical (unpaired) electrons. The summed E-state index contributed by atoms with van der Waals surface area (Å²) >= 11 is 0. The van der Waals surface area contributed by atoms with Gasteiger partial charge in [0, 0.05) is 0 Å². The summed E-state index contributed by atoms with van der Waals surface area (Å²) < 4.78 is 0. The zero-order chi connectivity index (χ0) is 10.4. The molecule has 0 saturated heterocycles. The van der Waals surface area contributed by atoms with Gasteiger partial charge in [-0.15, -0.1) is 0 Å². The van der Waals surface area contributed by atoms with Crippen LogP contribution in [0, 0.1) is 22.2 Å². The Balaban J connectivity index is 2.22. The van der Waals surface area contributed by atoms with E-state index in [4.69, 9.17) is 0 Å². The number of hydrogen-bond acceptors (Lipinski definition) is 2. The Morgan fingerprint density at radius 1 is 1.14 bits per heavy atom. The molecular formula is C12H19NO. The molecule has 2 heteroatoms. The van der Waals surface area contributed by atoms with E-state index in [1.807, 2.05) is 0 Å². The monoisotopic (exact) mass is 193 g/mol. The van der Waals surface area contributed by atoms with Gasteiger partial charge >= 0.3 is 0 Å². The zero-order valence-corrected chi connectivity index (χ0v) is 9.14. The van der Waals surface area contributed by atoms with E-state index >= 15 is 0 Å². The Morgan fingerprint density at radius 2 is 1.79 bits per heavy atom. The highest BCUT2D eigenvalue weighted by Crippen LogP contribution is 2.58. The molecule has 1 atom stereocenters. The minimum absolute atomic E-state index is 0.216. The molecule has 2 rings (SSSR count). The highest BCUT2D eigenvalue weighted by molar-refractivity contribution is 5.18. The summed E-state index contributed by atoms with van der Waals surface area (Å²) in [5, 5.41) is 19.8. The molecular weight excluding hydrogens is 174 g/mol. The van der Waals surface area contributed by atoms with Gasteiger partial charge in [0.2, 0.25) is 0 Å². The zero-order valence-electron chi connectivity index (χ0n) is 9.14. The van der Waals surface area contributed by atoms with Crippen molar-refractivity contribution in [2.45, 2.75) is 58.0 Å². The molecule has 1 unspecified atom stereocenters. The summed E-state index contributed by atoms with van der Waals surface area (Å²) in [4.78, 5) is 0. The molecule has 0 aliphatic heterocycles. The van der Waals surface area contributed by atoms with Crippen molar-refractivity contribution >= 4 is 0 Å². The normalized spacial score (nSPS) is 38.7. The van der Waals surface area contributed by atoms with E-state index < -0.39 is 11.0 Å². The quantitative estimate of drug-likeness (QED) is 0.695. The lowest BCUT2D eigenvalue weighted by Crippen LogP contribution is -2.50. The maximum atomic E-state index is 10.6. The van der Waals surface area contributed by atoms with Gasteiger partial charge in [0.25, 0.3) is 0 Å². The fraction of sp³-hybridized carbons (Fsp3) is 0.917. The Morgan fingerprint density at radius 3 is 2.07 bits per heavy atom. The molecule has 14 heavy (non-hydrogen) atoms. The van der Waals surface area contributed by atoms with E-state index in [1.54, 1.807) is 0 Å². The lowest BCUT2D eigenvalue weighted by molar-refractivity contribution is -0.0940. The maximum Gasteiger partial charge on any atom is 0.0860 e. The van der Waals surface area contributed by atoms with Gasteiger partial charge in [0.05, 0.1) is 17.1 Å². The standard InChI is InChI=1S/C12H19NO/c1-10(2)6-7-12(14,8-10)11(9-13)4-3-5-11/h14H,3-8H2,1-2H3. The van der Waals surface area contributed by atoms with Gasteiger partial charge in [0.15, 0.2) is 0 Å². The molecule has 0 aromatic heterocycles. The fourth-order valence-corrected chi connectivity index (χ4v) is 3.13. The van der Waals surface area contributed by atoms with Gasteiger partial charge in [-0.05, 0) is 37.5 Å². The maximum absolute atomic E-state index is 10.6. The van der Waals surface area contributed by atoms with Crippen LogP contribution in [-0.4, -0.2) is 10.7 Å². The van der Waals surface area contributed by atoms with Crippen LogP contribution in [0.3, 0.4) is 0 Å².